The van der Waals surface area contributed by atoms with E-state index in [4.69, 9.17) is 0 Å². The van der Waals surface area contributed by atoms with Crippen LogP contribution in [0, 0.1) is 0 Å². The van der Waals surface area contributed by atoms with Crippen LogP contribution in [0.3, 0.4) is 0 Å². The third-order valence-electron chi connectivity index (χ3n) is 4.09. The number of carbonyl (C=O) groups is 1. The van der Waals surface area contributed by atoms with Gasteiger partial charge in [0.15, 0.2) is 0 Å². The van der Waals surface area contributed by atoms with Crippen molar-refractivity contribution in [1.82, 2.24) is 20.8 Å². The lowest BCUT2D eigenvalue weighted by Crippen LogP contribution is -2.50. The number of nitrogens with zero attached hydrogens (tertiary/aromatic N) is 1. The van der Waals surface area contributed by atoms with Crippen molar-refractivity contribution in [3.05, 3.63) is 42.1 Å². The summed E-state index contributed by atoms with van der Waals surface area (Å²) in [5.41, 5.74) is 2.77. The van der Waals surface area contributed by atoms with Gasteiger partial charge in [-0.15, -0.1) is 0 Å². The molecule has 2 heterocycles. The maximum atomic E-state index is 12.2. The Balaban J connectivity index is 1.60. The minimum absolute atomic E-state index is 0.0812. The van der Waals surface area contributed by atoms with Gasteiger partial charge < -0.3 is 10.6 Å². The van der Waals surface area contributed by atoms with E-state index >= 15 is 0 Å². The lowest BCUT2D eigenvalue weighted by Gasteiger charge is -2.23. The fourth-order valence-electron chi connectivity index (χ4n) is 2.68. The van der Waals surface area contributed by atoms with Crippen LogP contribution in [0.1, 0.15) is 25.3 Å². The highest BCUT2D eigenvalue weighted by atomic mass is 16.2. The minimum atomic E-state index is -0.407. The topological polar surface area (TPSA) is 69.8 Å². The largest absolute Gasteiger partial charge is 0.350 e. The molecule has 5 heteroatoms. The molecule has 1 aromatic carbocycles. The molecule has 21 heavy (non-hydrogen) atoms. The third kappa shape index (κ3) is 2.97. The first-order valence-corrected chi connectivity index (χ1v) is 7.29. The van der Waals surface area contributed by atoms with Crippen molar-refractivity contribution in [3.8, 4) is 11.3 Å². The Morgan fingerprint density at radius 1 is 1.33 bits per heavy atom. The molecule has 110 valence electrons. The molecule has 1 aliphatic rings. The van der Waals surface area contributed by atoms with Crippen LogP contribution in [0.2, 0.25) is 0 Å². The molecule has 1 atom stereocenters. The Labute approximate surface area is 124 Å². The molecule has 0 spiro atoms. The number of hydrogen-bond donors (Lipinski definition) is 3. The smallest absolute Gasteiger partial charge is 0.240 e. The molecule has 0 bridgehead atoms. The molecule has 1 unspecified atom stereocenters. The van der Waals surface area contributed by atoms with Gasteiger partial charge in [-0.2, -0.15) is 5.10 Å². The molecule has 3 rings (SSSR count). The standard InChI is InChI=1S/C16H20N4O/c1-16(8-2-9-18-16)15(21)17-11-12-3-5-13(6-4-12)14-7-10-19-20-14/h3-7,10,18H,2,8-9,11H2,1H3,(H,17,21)(H,19,20). The third-order valence-corrected chi connectivity index (χ3v) is 4.09. The first-order chi connectivity index (χ1) is 10.2. The van der Waals surface area contributed by atoms with Gasteiger partial charge in [0.2, 0.25) is 5.91 Å². The lowest BCUT2D eigenvalue weighted by molar-refractivity contribution is -0.126. The minimum Gasteiger partial charge on any atom is -0.350 e. The molecule has 1 amide bonds. The maximum Gasteiger partial charge on any atom is 0.240 e. The summed E-state index contributed by atoms with van der Waals surface area (Å²) in [6.07, 6.45) is 3.69. The van der Waals surface area contributed by atoms with Crippen molar-refractivity contribution in [3.63, 3.8) is 0 Å². The van der Waals surface area contributed by atoms with Gasteiger partial charge in [0, 0.05) is 12.7 Å². The Morgan fingerprint density at radius 2 is 2.14 bits per heavy atom. The number of hydrogen-bond acceptors (Lipinski definition) is 3. The number of H-pyrrole nitrogens is 1. The molecule has 0 aliphatic carbocycles. The van der Waals surface area contributed by atoms with Gasteiger partial charge in [0.05, 0.1) is 11.2 Å². The van der Waals surface area contributed by atoms with Gasteiger partial charge in [0.1, 0.15) is 0 Å². The van der Waals surface area contributed by atoms with Gasteiger partial charge in [-0.3, -0.25) is 9.89 Å². The zero-order valence-corrected chi connectivity index (χ0v) is 12.1. The van der Waals surface area contributed by atoms with Gasteiger partial charge in [-0.25, -0.2) is 0 Å². The SMILES string of the molecule is CC1(C(=O)NCc2ccc(-c3ccn[nH]3)cc2)CCCN1. The van der Waals surface area contributed by atoms with E-state index in [0.29, 0.717) is 6.54 Å². The number of carbonyl (C=O) groups excluding carboxylic acids is 1. The van der Waals surface area contributed by atoms with Crippen molar-refractivity contribution in [1.29, 1.82) is 0 Å². The summed E-state index contributed by atoms with van der Waals surface area (Å²) in [7, 11) is 0. The Kier molecular flexibility index (Phi) is 3.75. The molecular weight excluding hydrogens is 264 g/mol. The Bertz CT molecular complexity index is 598. The number of rotatable bonds is 4. The van der Waals surface area contributed by atoms with Crippen LogP contribution in [-0.4, -0.2) is 28.2 Å². The molecule has 2 aromatic rings. The summed E-state index contributed by atoms with van der Waals surface area (Å²) in [5.74, 6) is 0.0812. The number of nitrogens with one attached hydrogen (secondary N) is 3. The predicted molar refractivity (Wildman–Crippen MR) is 81.5 cm³/mol. The fourth-order valence-corrected chi connectivity index (χ4v) is 2.68. The number of aromatic amines is 1. The van der Waals surface area contributed by atoms with Crippen LogP contribution >= 0.6 is 0 Å². The van der Waals surface area contributed by atoms with Crippen molar-refractivity contribution in [2.75, 3.05) is 6.54 Å². The van der Waals surface area contributed by atoms with E-state index in [1.54, 1.807) is 6.20 Å². The molecule has 1 saturated heterocycles. The van der Waals surface area contributed by atoms with Crippen molar-refractivity contribution in [2.45, 2.75) is 31.8 Å². The molecule has 0 saturated carbocycles. The molecular formula is C16H20N4O. The van der Waals surface area contributed by atoms with Crippen molar-refractivity contribution in [2.24, 2.45) is 0 Å². The number of benzene rings is 1. The normalized spacial score (nSPS) is 21.4. The zero-order chi connectivity index (χ0) is 14.7. The Morgan fingerprint density at radius 3 is 2.76 bits per heavy atom. The summed E-state index contributed by atoms with van der Waals surface area (Å²) in [6.45, 7) is 3.44. The second kappa shape index (κ2) is 5.69. The molecule has 1 aromatic heterocycles. The van der Waals surface area contributed by atoms with Crippen molar-refractivity contribution >= 4 is 5.91 Å². The van der Waals surface area contributed by atoms with Crippen LogP contribution in [0.5, 0.6) is 0 Å². The number of aromatic nitrogens is 2. The van der Waals surface area contributed by atoms with E-state index in [1.165, 1.54) is 0 Å². The lowest BCUT2D eigenvalue weighted by atomic mass is 9.99. The summed E-state index contributed by atoms with van der Waals surface area (Å²) in [4.78, 5) is 12.2. The predicted octanol–water partition coefficient (Wildman–Crippen LogP) is 1.83. The van der Waals surface area contributed by atoms with E-state index in [9.17, 15) is 4.79 Å². The summed E-state index contributed by atoms with van der Waals surface area (Å²) >= 11 is 0. The van der Waals surface area contributed by atoms with Gasteiger partial charge >= 0.3 is 0 Å². The van der Waals surface area contributed by atoms with E-state index < -0.39 is 5.54 Å². The molecule has 3 N–H and O–H groups in total. The summed E-state index contributed by atoms with van der Waals surface area (Å²) < 4.78 is 0. The van der Waals surface area contributed by atoms with Crippen molar-refractivity contribution < 1.29 is 4.79 Å². The van der Waals surface area contributed by atoms with E-state index in [1.807, 2.05) is 37.3 Å². The van der Waals surface area contributed by atoms with Gasteiger partial charge in [0.25, 0.3) is 0 Å². The summed E-state index contributed by atoms with van der Waals surface area (Å²) in [6, 6.07) is 10.1. The second-order valence-electron chi connectivity index (χ2n) is 5.71. The second-order valence-corrected chi connectivity index (χ2v) is 5.71. The van der Waals surface area contributed by atoms with Crippen LogP contribution in [0.15, 0.2) is 36.5 Å². The maximum absolute atomic E-state index is 12.2. The molecule has 0 radical (unpaired) electrons. The van der Waals surface area contributed by atoms with E-state index in [0.717, 1.165) is 36.2 Å². The van der Waals surface area contributed by atoms with Crippen LogP contribution in [-0.2, 0) is 11.3 Å². The zero-order valence-electron chi connectivity index (χ0n) is 12.1. The highest BCUT2D eigenvalue weighted by Crippen LogP contribution is 2.19. The van der Waals surface area contributed by atoms with E-state index in [2.05, 4.69) is 20.8 Å². The van der Waals surface area contributed by atoms with Gasteiger partial charge in [-0.1, -0.05) is 24.3 Å². The highest BCUT2D eigenvalue weighted by Gasteiger charge is 2.35. The van der Waals surface area contributed by atoms with Crippen LogP contribution < -0.4 is 10.6 Å². The van der Waals surface area contributed by atoms with E-state index in [-0.39, 0.29) is 5.91 Å². The quantitative estimate of drug-likeness (QED) is 0.802. The number of amides is 1. The Hall–Kier alpha value is -2.14. The van der Waals surface area contributed by atoms with Gasteiger partial charge in [-0.05, 0) is 43.5 Å². The molecule has 1 fully saturated rings. The summed E-state index contributed by atoms with van der Waals surface area (Å²) in [5, 5.41) is 13.2. The van der Waals surface area contributed by atoms with Crippen LogP contribution in [0.4, 0.5) is 0 Å². The first-order valence-electron chi connectivity index (χ1n) is 7.29. The van der Waals surface area contributed by atoms with Crippen LogP contribution in [0.25, 0.3) is 11.3 Å². The first kappa shape index (κ1) is 13.8. The monoisotopic (exact) mass is 284 g/mol. The average Bonchev–Trinajstić information content (AvgIpc) is 3.17. The average molecular weight is 284 g/mol. The highest BCUT2D eigenvalue weighted by molar-refractivity contribution is 5.86. The fraction of sp³-hybridized carbons (Fsp3) is 0.375. The molecule has 5 nitrogen and oxygen atoms in total. The molecule has 1 aliphatic heterocycles.